The molecule has 0 aliphatic carbocycles. The number of terminal acetylenes is 1. The second-order valence-corrected chi connectivity index (χ2v) is 9.53. The van der Waals surface area contributed by atoms with E-state index in [9.17, 15) is 33.3 Å². The van der Waals surface area contributed by atoms with Gasteiger partial charge in [-0.2, -0.15) is 0 Å². The average molecular weight is 515 g/mol. The molecule has 1 fully saturated rings. The lowest BCUT2D eigenvalue weighted by atomic mass is 9.99. The van der Waals surface area contributed by atoms with Gasteiger partial charge in [-0.3, -0.25) is 0 Å². The van der Waals surface area contributed by atoms with E-state index in [1.807, 2.05) is 0 Å². The van der Waals surface area contributed by atoms with Gasteiger partial charge in [-0.15, -0.1) is 12.3 Å². The Morgan fingerprint density at radius 3 is 2.37 bits per heavy atom. The molecule has 0 bridgehead atoms. The monoisotopic (exact) mass is 514 g/mol. The number of carbonyl (C=O) groups excluding carboxylic acids is 2. The largest absolute Gasteiger partial charge is 0.462 e. The van der Waals surface area contributed by atoms with Crippen molar-refractivity contribution in [2.75, 3.05) is 24.7 Å². The van der Waals surface area contributed by atoms with E-state index in [2.05, 4.69) is 21.9 Å². The van der Waals surface area contributed by atoms with E-state index in [-0.39, 0.29) is 12.3 Å². The van der Waals surface area contributed by atoms with Crippen molar-refractivity contribution < 1.29 is 42.8 Å². The number of carbonyl (C=O) groups is 2. The Morgan fingerprint density at radius 2 is 1.74 bits per heavy atom. The molecular formula is C21H30N4O9S. The fourth-order valence-corrected chi connectivity index (χ4v) is 3.47. The van der Waals surface area contributed by atoms with Gasteiger partial charge < -0.3 is 40.7 Å². The summed E-state index contributed by atoms with van der Waals surface area (Å²) in [6, 6.07) is 4.62. The summed E-state index contributed by atoms with van der Waals surface area (Å²) >= 11 is 0. The van der Waals surface area contributed by atoms with E-state index < -0.39 is 52.8 Å². The van der Waals surface area contributed by atoms with Gasteiger partial charge in [0.25, 0.3) is 0 Å². The van der Waals surface area contributed by atoms with Crippen LogP contribution in [0.25, 0.3) is 0 Å². The number of ether oxygens (including phenoxy) is 2. The summed E-state index contributed by atoms with van der Waals surface area (Å²) in [5, 5.41) is 38.0. The van der Waals surface area contributed by atoms with Gasteiger partial charge in [0.2, 0.25) is 16.3 Å². The number of aliphatic hydroxyl groups is 3. The number of sulfonamides is 1. The summed E-state index contributed by atoms with van der Waals surface area (Å²) in [5.41, 5.74) is 0.470. The van der Waals surface area contributed by atoms with Gasteiger partial charge >= 0.3 is 12.1 Å². The summed E-state index contributed by atoms with van der Waals surface area (Å²) in [6.45, 7) is 0.0958. The van der Waals surface area contributed by atoms with Crippen LogP contribution in [0.5, 0.6) is 5.75 Å². The Bertz CT molecular complexity index is 997. The average Bonchev–Trinajstić information content (AvgIpc) is 2.78. The minimum atomic E-state index is -3.80. The predicted octanol–water partition coefficient (Wildman–Crippen LogP) is -0.943. The van der Waals surface area contributed by atoms with Gasteiger partial charge in [0.1, 0.15) is 30.2 Å². The van der Waals surface area contributed by atoms with Crippen LogP contribution in [0.15, 0.2) is 24.3 Å². The highest BCUT2D eigenvalue weighted by Gasteiger charge is 2.45. The normalized spacial score (nSPS) is 24.0. The van der Waals surface area contributed by atoms with Crippen molar-refractivity contribution in [3.05, 3.63) is 24.3 Å². The number of amides is 4. The van der Waals surface area contributed by atoms with Crippen LogP contribution in [0.2, 0.25) is 0 Å². The molecule has 13 nitrogen and oxygen atoms in total. The number of aliphatic hydroxyl groups excluding tert-OH is 3. The number of benzene rings is 1. The molecule has 7 N–H and O–H groups in total. The van der Waals surface area contributed by atoms with Gasteiger partial charge in [-0.1, -0.05) is 0 Å². The van der Waals surface area contributed by atoms with E-state index >= 15 is 0 Å². The molecular weight excluding hydrogens is 484 g/mol. The molecule has 35 heavy (non-hydrogen) atoms. The molecule has 5 atom stereocenters. The zero-order chi connectivity index (χ0) is 26.0. The fourth-order valence-electron chi connectivity index (χ4n) is 3.06. The van der Waals surface area contributed by atoms with Crippen molar-refractivity contribution >= 4 is 27.8 Å². The molecule has 1 saturated heterocycles. The van der Waals surface area contributed by atoms with E-state index in [1.165, 1.54) is 12.1 Å². The lowest BCUT2D eigenvalue weighted by Gasteiger charge is -2.40. The molecule has 1 aromatic rings. The van der Waals surface area contributed by atoms with Gasteiger partial charge in [-0.25, -0.2) is 22.7 Å². The molecule has 0 aromatic heterocycles. The minimum Gasteiger partial charge on any atom is -0.462 e. The lowest BCUT2D eigenvalue weighted by Crippen LogP contribution is -2.61. The zero-order valence-electron chi connectivity index (χ0n) is 19.0. The van der Waals surface area contributed by atoms with Crippen LogP contribution in [0.4, 0.5) is 15.3 Å². The minimum absolute atomic E-state index is 0.222. The third-order valence-electron chi connectivity index (χ3n) is 4.81. The third-order valence-corrected chi connectivity index (χ3v) is 5.36. The highest BCUT2D eigenvalue weighted by Crippen LogP contribution is 2.25. The second-order valence-electron chi connectivity index (χ2n) is 7.78. The first-order valence-corrected chi connectivity index (χ1v) is 12.6. The first-order chi connectivity index (χ1) is 16.5. The van der Waals surface area contributed by atoms with Crippen molar-refractivity contribution in [1.82, 2.24) is 15.4 Å². The number of nitrogens with one attached hydrogen (secondary N) is 4. The molecule has 4 amide bonds. The van der Waals surface area contributed by atoms with E-state index in [0.29, 0.717) is 18.7 Å². The number of anilines is 1. The van der Waals surface area contributed by atoms with Crippen LogP contribution in [-0.2, 0) is 14.8 Å². The molecule has 1 heterocycles. The maximum atomic E-state index is 11.9. The van der Waals surface area contributed by atoms with Crippen LogP contribution in [0.1, 0.15) is 19.3 Å². The molecule has 1 aliphatic rings. The fraction of sp³-hybridized carbons (Fsp3) is 0.524. The molecule has 1 aromatic carbocycles. The maximum Gasteiger partial charge on any atom is 0.328 e. The molecule has 194 valence electrons. The van der Waals surface area contributed by atoms with Gasteiger partial charge in [0.05, 0.1) is 6.26 Å². The summed E-state index contributed by atoms with van der Waals surface area (Å²) in [7, 11) is -3.80. The topological polar surface area (TPSA) is 196 Å². The second kappa shape index (κ2) is 13.1. The zero-order valence-corrected chi connectivity index (χ0v) is 19.8. The number of rotatable bonds is 10. The third kappa shape index (κ3) is 9.59. The summed E-state index contributed by atoms with van der Waals surface area (Å²) in [6.07, 6.45) is 0.688. The SMILES string of the molecule is C#CCCCCNC(=O)Nc1ccc(O[C@H]2O[C@H](CNC(=O)NS(C)(=O)=O)[C@@H](O)[C@H](O)[C@@H]2O)cc1. The Morgan fingerprint density at radius 1 is 1.06 bits per heavy atom. The van der Waals surface area contributed by atoms with Crippen molar-refractivity contribution in [2.45, 2.75) is 50.0 Å². The molecule has 0 saturated carbocycles. The quantitative estimate of drug-likeness (QED) is 0.152. The number of hydrogen-bond acceptors (Lipinski definition) is 9. The molecule has 0 spiro atoms. The van der Waals surface area contributed by atoms with Crippen molar-refractivity contribution in [3.63, 3.8) is 0 Å². The highest BCUT2D eigenvalue weighted by atomic mass is 32.2. The van der Waals surface area contributed by atoms with E-state index in [1.54, 1.807) is 16.9 Å². The van der Waals surface area contributed by atoms with Crippen LogP contribution >= 0.6 is 0 Å². The van der Waals surface area contributed by atoms with Crippen LogP contribution in [0, 0.1) is 12.3 Å². The Balaban J connectivity index is 1.89. The maximum absolute atomic E-state index is 11.9. The lowest BCUT2D eigenvalue weighted by molar-refractivity contribution is -0.270. The van der Waals surface area contributed by atoms with Crippen molar-refractivity contribution in [2.24, 2.45) is 0 Å². The number of hydrogen-bond donors (Lipinski definition) is 7. The Kier molecular flexibility index (Phi) is 10.6. The molecule has 2 rings (SSSR count). The van der Waals surface area contributed by atoms with Crippen molar-refractivity contribution in [1.29, 1.82) is 0 Å². The molecule has 0 radical (unpaired) electrons. The van der Waals surface area contributed by atoms with Crippen molar-refractivity contribution in [3.8, 4) is 18.1 Å². The number of urea groups is 2. The summed E-state index contributed by atoms with van der Waals surface area (Å²) < 4.78 is 34.9. The standard InChI is InChI=1S/C21H30N4O9S/c1-3-4-5-6-11-22-20(29)24-13-7-9-14(10-8-13)33-19-18(28)17(27)16(26)15(34-19)12-23-21(30)25-35(2,31)32/h1,7-10,15-19,26-28H,4-6,11-12H2,2H3,(H2,22,24,29)(H2,23,25,30)/t15-,16-,17+,18+,19+/m1/s1. The predicted molar refractivity (Wildman–Crippen MR) is 125 cm³/mol. The smallest absolute Gasteiger partial charge is 0.328 e. The first kappa shape index (κ1) is 28.1. The van der Waals surface area contributed by atoms with E-state index in [4.69, 9.17) is 15.9 Å². The molecule has 1 aliphatic heterocycles. The van der Waals surface area contributed by atoms with Gasteiger partial charge in [0.15, 0.2) is 0 Å². The first-order valence-electron chi connectivity index (χ1n) is 10.7. The number of unbranched alkanes of at least 4 members (excludes halogenated alkanes) is 2. The van der Waals surface area contributed by atoms with Crippen LogP contribution in [0.3, 0.4) is 0 Å². The van der Waals surface area contributed by atoms with Crippen LogP contribution in [-0.4, -0.2) is 85.9 Å². The van der Waals surface area contributed by atoms with E-state index in [0.717, 1.165) is 19.1 Å². The summed E-state index contributed by atoms with van der Waals surface area (Å²) in [5.74, 6) is 2.75. The van der Waals surface area contributed by atoms with Gasteiger partial charge in [0, 0.05) is 25.2 Å². The Hall–Kier alpha value is -3.09. The highest BCUT2D eigenvalue weighted by molar-refractivity contribution is 7.89. The molecule has 0 unspecified atom stereocenters. The summed E-state index contributed by atoms with van der Waals surface area (Å²) in [4.78, 5) is 23.5. The van der Waals surface area contributed by atoms with Crippen LogP contribution < -0.4 is 25.4 Å². The Labute approximate surface area is 203 Å². The molecule has 14 heteroatoms. The van der Waals surface area contributed by atoms with Gasteiger partial charge in [-0.05, 0) is 37.1 Å².